The van der Waals surface area contributed by atoms with Crippen LogP contribution in [-0.2, 0) is 16.8 Å². The van der Waals surface area contributed by atoms with Crippen LogP contribution in [-0.4, -0.2) is 23.8 Å². The van der Waals surface area contributed by atoms with Gasteiger partial charge in [0.2, 0.25) is 0 Å². The second kappa shape index (κ2) is 5.76. The number of methoxy groups -OCH3 is 1. The fourth-order valence-electron chi connectivity index (χ4n) is 2.06. The van der Waals surface area contributed by atoms with E-state index in [-0.39, 0.29) is 6.61 Å². The van der Waals surface area contributed by atoms with E-state index in [4.69, 9.17) is 4.74 Å². The maximum absolute atomic E-state index is 10.8. The second-order valence-electron chi connectivity index (χ2n) is 4.37. The summed E-state index contributed by atoms with van der Waals surface area (Å²) < 4.78 is 5.16. The van der Waals surface area contributed by atoms with Crippen molar-refractivity contribution in [1.82, 2.24) is 4.98 Å². The third kappa shape index (κ3) is 2.94. The lowest BCUT2D eigenvalue weighted by Gasteiger charge is -2.28. The molecule has 0 aliphatic heterocycles. The smallest absolute Gasteiger partial charge is 0.117 e. The van der Waals surface area contributed by atoms with Gasteiger partial charge < -0.3 is 9.84 Å². The van der Waals surface area contributed by atoms with Crippen molar-refractivity contribution in [2.45, 2.75) is 12.0 Å². The Hall–Kier alpha value is -1.71. The summed E-state index contributed by atoms with van der Waals surface area (Å²) >= 11 is 0. The quantitative estimate of drug-likeness (QED) is 0.875. The Kier molecular flexibility index (Phi) is 4.07. The Balaban J connectivity index is 2.27. The van der Waals surface area contributed by atoms with Gasteiger partial charge >= 0.3 is 0 Å². The molecule has 18 heavy (non-hydrogen) atoms. The van der Waals surface area contributed by atoms with Gasteiger partial charge in [0, 0.05) is 25.9 Å². The Morgan fingerprint density at radius 3 is 2.56 bits per heavy atom. The second-order valence-corrected chi connectivity index (χ2v) is 4.37. The van der Waals surface area contributed by atoms with Crippen LogP contribution in [0.15, 0.2) is 54.9 Å². The van der Waals surface area contributed by atoms with Gasteiger partial charge in [-0.05, 0) is 17.2 Å². The summed E-state index contributed by atoms with van der Waals surface area (Å²) in [4.78, 5) is 4.07. The van der Waals surface area contributed by atoms with Gasteiger partial charge in [0.1, 0.15) is 5.60 Å². The number of ether oxygens (including phenoxy) is 1. The summed E-state index contributed by atoms with van der Waals surface area (Å²) in [7, 11) is 1.59. The number of rotatable bonds is 5. The van der Waals surface area contributed by atoms with E-state index in [1.54, 1.807) is 19.5 Å². The highest BCUT2D eigenvalue weighted by molar-refractivity contribution is 5.25. The zero-order chi connectivity index (χ0) is 12.8. The van der Waals surface area contributed by atoms with Crippen molar-refractivity contribution in [1.29, 1.82) is 0 Å². The molecule has 3 heteroatoms. The van der Waals surface area contributed by atoms with Gasteiger partial charge in [0.25, 0.3) is 0 Å². The molecule has 1 aromatic heterocycles. The Morgan fingerprint density at radius 2 is 1.94 bits per heavy atom. The molecule has 1 N–H and O–H groups in total. The Labute approximate surface area is 107 Å². The molecule has 0 radical (unpaired) electrons. The zero-order valence-corrected chi connectivity index (χ0v) is 10.4. The van der Waals surface area contributed by atoms with E-state index in [1.165, 1.54) is 0 Å². The maximum Gasteiger partial charge on any atom is 0.117 e. The topological polar surface area (TPSA) is 42.4 Å². The van der Waals surface area contributed by atoms with Crippen molar-refractivity contribution >= 4 is 0 Å². The van der Waals surface area contributed by atoms with E-state index in [9.17, 15) is 5.11 Å². The van der Waals surface area contributed by atoms with Crippen molar-refractivity contribution in [3.05, 3.63) is 66.0 Å². The number of nitrogens with zero attached hydrogens (tertiary/aromatic N) is 1. The van der Waals surface area contributed by atoms with Gasteiger partial charge in [0.05, 0.1) is 6.61 Å². The first-order valence-corrected chi connectivity index (χ1v) is 5.90. The van der Waals surface area contributed by atoms with Crippen LogP contribution in [0, 0.1) is 0 Å². The normalized spacial score (nSPS) is 14.1. The number of hydrogen-bond acceptors (Lipinski definition) is 3. The molecule has 94 valence electrons. The zero-order valence-electron chi connectivity index (χ0n) is 10.4. The lowest BCUT2D eigenvalue weighted by atomic mass is 9.88. The molecule has 0 bridgehead atoms. The average Bonchev–Trinajstić information content (AvgIpc) is 2.41. The van der Waals surface area contributed by atoms with Gasteiger partial charge in [-0.15, -0.1) is 0 Å². The van der Waals surface area contributed by atoms with Crippen LogP contribution in [0.5, 0.6) is 0 Å². The minimum absolute atomic E-state index is 0.256. The van der Waals surface area contributed by atoms with Gasteiger partial charge in [-0.3, -0.25) is 4.98 Å². The van der Waals surface area contributed by atoms with Crippen molar-refractivity contribution in [3.63, 3.8) is 0 Å². The van der Waals surface area contributed by atoms with Gasteiger partial charge in [0.15, 0.2) is 0 Å². The first-order valence-electron chi connectivity index (χ1n) is 5.90. The number of hydrogen-bond donors (Lipinski definition) is 1. The number of aliphatic hydroxyl groups is 1. The van der Waals surface area contributed by atoms with Crippen molar-refractivity contribution in [3.8, 4) is 0 Å². The number of benzene rings is 1. The summed E-state index contributed by atoms with van der Waals surface area (Å²) in [5.74, 6) is 0. The van der Waals surface area contributed by atoms with Crippen LogP contribution in [0.1, 0.15) is 11.1 Å². The standard InChI is InChI=1S/C15H17NO2/c1-18-12-15(17,14-7-3-2-4-8-14)10-13-6-5-9-16-11-13/h2-9,11,17H,10,12H2,1H3. The molecule has 1 aromatic carbocycles. The lowest BCUT2D eigenvalue weighted by Crippen LogP contribution is -2.33. The van der Waals surface area contributed by atoms with Crippen molar-refractivity contribution in [2.75, 3.05) is 13.7 Å². The van der Waals surface area contributed by atoms with Crippen LogP contribution >= 0.6 is 0 Å². The molecule has 3 nitrogen and oxygen atoms in total. The molecule has 2 aromatic rings. The third-order valence-corrected chi connectivity index (χ3v) is 2.91. The Bertz CT molecular complexity index is 472. The molecule has 0 saturated carbocycles. The summed E-state index contributed by atoms with van der Waals surface area (Å²) in [5, 5.41) is 10.8. The van der Waals surface area contributed by atoms with Crippen molar-refractivity contribution < 1.29 is 9.84 Å². The highest BCUT2D eigenvalue weighted by atomic mass is 16.5. The Morgan fingerprint density at radius 1 is 1.17 bits per heavy atom. The summed E-state index contributed by atoms with van der Waals surface area (Å²) in [5.41, 5.74) is 0.829. The molecule has 0 amide bonds. The van der Waals surface area contributed by atoms with E-state index in [0.717, 1.165) is 11.1 Å². The molecular formula is C15H17NO2. The number of aromatic nitrogens is 1. The molecule has 1 unspecified atom stereocenters. The average molecular weight is 243 g/mol. The molecule has 1 atom stereocenters. The van der Waals surface area contributed by atoms with E-state index < -0.39 is 5.60 Å². The lowest BCUT2D eigenvalue weighted by molar-refractivity contribution is -0.0355. The predicted octanol–water partition coefficient (Wildman–Crippen LogP) is 2.16. The van der Waals surface area contributed by atoms with Crippen LogP contribution in [0.3, 0.4) is 0 Å². The molecule has 0 saturated heterocycles. The van der Waals surface area contributed by atoms with Crippen LogP contribution < -0.4 is 0 Å². The van der Waals surface area contributed by atoms with Gasteiger partial charge in [-0.25, -0.2) is 0 Å². The van der Waals surface area contributed by atoms with Crippen LogP contribution in [0.2, 0.25) is 0 Å². The fraction of sp³-hybridized carbons (Fsp3) is 0.267. The summed E-state index contributed by atoms with van der Waals surface area (Å²) in [6.45, 7) is 0.256. The van der Waals surface area contributed by atoms with Gasteiger partial charge in [-0.2, -0.15) is 0 Å². The summed E-state index contributed by atoms with van der Waals surface area (Å²) in [6, 6.07) is 13.4. The first-order chi connectivity index (χ1) is 8.74. The molecule has 0 aliphatic carbocycles. The minimum Gasteiger partial charge on any atom is -0.382 e. The molecular weight excluding hydrogens is 226 g/mol. The van der Waals surface area contributed by atoms with E-state index in [0.29, 0.717) is 6.42 Å². The molecule has 0 aliphatic rings. The SMILES string of the molecule is COCC(O)(Cc1cccnc1)c1ccccc1. The molecule has 0 fully saturated rings. The van der Waals surface area contributed by atoms with E-state index >= 15 is 0 Å². The molecule has 1 heterocycles. The predicted molar refractivity (Wildman–Crippen MR) is 70.2 cm³/mol. The summed E-state index contributed by atoms with van der Waals surface area (Å²) in [6.07, 6.45) is 3.98. The van der Waals surface area contributed by atoms with E-state index in [1.807, 2.05) is 42.5 Å². The maximum atomic E-state index is 10.8. The van der Waals surface area contributed by atoms with Crippen molar-refractivity contribution in [2.24, 2.45) is 0 Å². The van der Waals surface area contributed by atoms with E-state index in [2.05, 4.69) is 4.98 Å². The molecule has 2 rings (SSSR count). The van der Waals surface area contributed by atoms with Gasteiger partial charge in [-0.1, -0.05) is 36.4 Å². The largest absolute Gasteiger partial charge is 0.382 e. The number of pyridine rings is 1. The third-order valence-electron chi connectivity index (χ3n) is 2.91. The highest BCUT2D eigenvalue weighted by Gasteiger charge is 2.29. The van der Waals surface area contributed by atoms with Crippen LogP contribution in [0.25, 0.3) is 0 Å². The molecule has 0 spiro atoms. The van der Waals surface area contributed by atoms with Crippen LogP contribution in [0.4, 0.5) is 0 Å². The monoisotopic (exact) mass is 243 g/mol. The minimum atomic E-state index is -1.01. The first kappa shape index (κ1) is 12.7. The fourth-order valence-corrected chi connectivity index (χ4v) is 2.06. The highest BCUT2D eigenvalue weighted by Crippen LogP contribution is 2.25.